The van der Waals surface area contributed by atoms with Gasteiger partial charge in [-0.2, -0.15) is 0 Å². The van der Waals surface area contributed by atoms with Crippen molar-refractivity contribution in [1.82, 2.24) is 10.3 Å². The van der Waals surface area contributed by atoms with Crippen molar-refractivity contribution >= 4 is 11.6 Å². The first-order valence-corrected chi connectivity index (χ1v) is 7.24. The first-order chi connectivity index (χ1) is 9.79. The lowest BCUT2D eigenvalue weighted by molar-refractivity contribution is 0.0536. The Morgan fingerprint density at radius 3 is 2.85 bits per heavy atom. The molecule has 0 atom stereocenters. The van der Waals surface area contributed by atoms with E-state index in [9.17, 15) is 0 Å². The third kappa shape index (κ3) is 5.63. The van der Waals surface area contributed by atoms with E-state index >= 15 is 0 Å². The number of pyridine rings is 1. The highest BCUT2D eigenvalue weighted by molar-refractivity contribution is 6.31. The number of aromatic nitrogens is 1. The summed E-state index contributed by atoms with van der Waals surface area (Å²) in [6.07, 6.45) is 4.14. The molecule has 1 heterocycles. The fourth-order valence-corrected chi connectivity index (χ4v) is 1.83. The highest BCUT2D eigenvalue weighted by Gasteiger charge is 2.20. The molecule has 20 heavy (non-hydrogen) atoms. The molecule has 0 saturated heterocycles. The molecule has 0 aromatic carbocycles. The van der Waals surface area contributed by atoms with E-state index in [1.54, 1.807) is 13.3 Å². The lowest BCUT2D eigenvalue weighted by Gasteiger charge is -2.09. The van der Waals surface area contributed by atoms with Crippen LogP contribution in [0.15, 0.2) is 12.3 Å². The van der Waals surface area contributed by atoms with Gasteiger partial charge >= 0.3 is 0 Å². The number of hydrogen-bond donors (Lipinski definition) is 1. The molecular formula is C14H21ClN2O3. The Morgan fingerprint density at radius 2 is 2.10 bits per heavy atom. The van der Waals surface area contributed by atoms with E-state index < -0.39 is 0 Å². The largest absolute Gasteiger partial charge is 0.475 e. The fourth-order valence-electron chi connectivity index (χ4n) is 1.66. The molecule has 1 fully saturated rings. The zero-order chi connectivity index (χ0) is 14.2. The molecule has 0 amide bonds. The first-order valence-electron chi connectivity index (χ1n) is 6.87. The summed E-state index contributed by atoms with van der Waals surface area (Å²) in [7, 11) is 1.65. The minimum absolute atomic E-state index is 0.466. The quantitative estimate of drug-likeness (QED) is 0.670. The monoisotopic (exact) mass is 300 g/mol. The average Bonchev–Trinajstić information content (AvgIpc) is 3.27. The van der Waals surface area contributed by atoms with Crippen molar-refractivity contribution in [2.24, 2.45) is 0 Å². The maximum absolute atomic E-state index is 6.12. The van der Waals surface area contributed by atoms with Crippen molar-refractivity contribution in [1.29, 1.82) is 0 Å². The van der Waals surface area contributed by atoms with Crippen LogP contribution in [0, 0.1) is 0 Å². The SMILES string of the molecule is COCCOCCOc1cc(CNC2CC2)c(Cl)cn1. The number of rotatable bonds is 10. The van der Waals surface area contributed by atoms with Gasteiger partial charge in [-0.3, -0.25) is 0 Å². The van der Waals surface area contributed by atoms with Crippen molar-refractivity contribution in [3.05, 3.63) is 22.8 Å². The zero-order valence-corrected chi connectivity index (χ0v) is 12.5. The average molecular weight is 301 g/mol. The standard InChI is InChI=1S/C14H21ClN2O3/c1-18-4-5-19-6-7-20-14-8-11(13(15)10-17-14)9-16-12-2-3-12/h8,10,12,16H,2-7,9H2,1H3. The molecule has 1 aromatic rings. The van der Waals surface area contributed by atoms with Crippen LogP contribution in [0.4, 0.5) is 0 Å². The molecular weight excluding hydrogens is 280 g/mol. The molecule has 6 heteroatoms. The van der Waals surface area contributed by atoms with Crippen LogP contribution in [-0.2, 0) is 16.0 Å². The Morgan fingerprint density at radius 1 is 1.30 bits per heavy atom. The highest BCUT2D eigenvalue weighted by atomic mass is 35.5. The second kappa shape index (κ2) is 8.42. The number of ether oxygens (including phenoxy) is 3. The van der Waals surface area contributed by atoms with Crippen molar-refractivity contribution in [3.8, 4) is 5.88 Å². The molecule has 0 bridgehead atoms. The molecule has 1 N–H and O–H groups in total. The van der Waals surface area contributed by atoms with Crippen LogP contribution in [0.2, 0.25) is 5.02 Å². The second-order valence-electron chi connectivity index (χ2n) is 4.72. The number of methoxy groups -OCH3 is 1. The third-order valence-corrected chi connectivity index (χ3v) is 3.32. The Hall–Kier alpha value is -0.880. The predicted molar refractivity (Wildman–Crippen MR) is 77.3 cm³/mol. The Labute approximate surface area is 124 Å². The Bertz CT molecular complexity index is 413. The van der Waals surface area contributed by atoms with E-state index in [0.717, 1.165) is 12.1 Å². The summed E-state index contributed by atoms with van der Waals surface area (Å²) in [5.41, 5.74) is 1.02. The lowest BCUT2D eigenvalue weighted by Crippen LogP contribution is -2.16. The first kappa shape index (κ1) is 15.5. The number of nitrogens with one attached hydrogen (secondary N) is 1. The maximum Gasteiger partial charge on any atom is 0.213 e. The summed E-state index contributed by atoms with van der Waals surface area (Å²) in [5.74, 6) is 0.581. The molecule has 2 rings (SSSR count). The molecule has 0 radical (unpaired) electrons. The third-order valence-electron chi connectivity index (χ3n) is 2.98. The second-order valence-corrected chi connectivity index (χ2v) is 5.13. The molecule has 1 aromatic heterocycles. The van der Waals surface area contributed by atoms with E-state index in [1.165, 1.54) is 12.8 Å². The van der Waals surface area contributed by atoms with Crippen molar-refractivity contribution in [3.63, 3.8) is 0 Å². The normalized spacial score (nSPS) is 14.5. The number of halogens is 1. The van der Waals surface area contributed by atoms with Gasteiger partial charge in [-0.25, -0.2) is 4.98 Å². The summed E-state index contributed by atoms with van der Waals surface area (Å²) in [5, 5.41) is 4.09. The van der Waals surface area contributed by atoms with Crippen molar-refractivity contribution in [2.45, 2.75) is 25.4 Å². The summed E-state index contributed by atoms with van der Waals surface area (Å²) in [6.45, 7) is 2.91. The van der Waals surface area contributed by atoms with Gasteiger partial charge < -0.3 is 19.5 Å². The van der Waals surface area contributed by atoms with Crippen molar-refractivity contribution < 1.29 is 14.2 Å². The summed E-state index contributed by atoms with van der Waals surface area (Å²) >= 11 is 6.12. The van der Waals surface area contributed by atoms with E-state index in [2.05, 4.69) is 10.3 Å². The van der Waals surface area contributed by atoms with Crippen LogP contribution in [0.25, 0.3) is 0 Å². The number of hydrogen-bond acceptors (Lipinski definition) is 5. The molecule has 1 aliphatic carbocycles. The molecule has 0 aliphatic heterocycles. The van der Waals surface area contributed by atoms with Crippen LogP contribution < -0.4 is 10.1 Å². The minimum Gasteiger partial charge on any atom is -0.475 e. The lowest BCUT2D eigenvalue weighted by atomic mass is 10.2. The number of nitrogens with zero attached hydrogens (tertiary/aromatic N) is 1. The van der Waals surface area contributed by atoms with Gasteiger partial charge in [-0.1, -0.05) is 11.6 Å². The van der Waals surface area contributed by atoms with Gasteiger partial charge in [0.25, 0.3) is 0 Å². The van der Waals surface area contributed by atoms with Gasteiger partial charge in [-0.15, -0.1) is 0 Å². The van der Waals surface area contributed by atoms with E-state index in [0.29, 0.717) is 43.4 Å². The predicted octanol–water partition coefficient (Wildman–Crippen LogP) is 2.03. The van der Waals surface area contributed by atoms with Crippen LogP contribution in [0.3, 0.4) is 0 Å². The fraction of sp³-hybridized carbons (Fsp3) is 0.643. The van der Waals surface area contributed by atoms with Crippen LogP contribution in [0.5, 0.6) is 5.88 Å². The van der Waals surface area contributed by atoms with Crippen LogP contribution >= 0.6 is 11.6 Å². The zero-order valence-electron chi connectivity index (χ0n) is 11.7. The van der Waals surface area contributed by atoms with Gasteiger partial charge in [0.1, 0.15) is 6.61 Å². The smallest absolute Gasteiger partial charge is 0.213 e. The topological polar surface area (TPSA) is 52.6 Å². The van der Waals surface area contributed by atoms with E-state index in [1.807, 2.05) is 6.07 Å². The minimum atomic E-state index is 0.466. The van der Waals surface area contributed by atoms with E-state index in [4.69, 9.17) is 25.8 Å². The Kier molecular flexibility index (Phi) is 6.53. The molecule has 1 aliphatic rings. The molecule has 0 spiro atoms. The van der Waals surface area contributed by atoms with Crippen LogP contribution in [0.1, 0.15) is 18.4 Å². The summed E-state index contributed by atoms with van der Waals surface area (Å²) < 4.78 is 15.7. The summed E-state index contributed by atoms with van der Waals surface area (Å²) in [4.78, 5) is 4.15. The summed E-state index contributed by atoms with van der Waals surface area (Å²) in [6, 6.07) is 2.53. The van der Waals surface area contributed by atoms with Gasteiger partial charge in [0.2, 0.25) is 5.88 Å². The molecule has 0 unspecified atom stereocenters. The van der Waals surface area contributed by atoms with Crippen molar-refractivity contribution in [2.75, 3.05) is 33.5 Å². The molecule has 5 nitrogen and oxygen atoms in total. The maximum atomic E-state index is 6.12. The molecule has 1 saturated carbocycles. The Balaban J connectivity index is 1.71. The van der Waals surface area contributed by atoms with Gasteiger partial charge in [0.15, 0.2) is 0 Å². The van der Waals surface area contributed by atoms with Crippen LogP contribution in [-0.4, -0.2) is 44.6 Å². The highest BCUT2D eigenvalue weighted by Crippen LogP contribution is 2.23. The van der Waals surface area contributed by atoms with Gasteiger partial charge in [0, 0.05) is 32.0 Å². The van der Waals surface area contributed by atoms with E-state index in [-0.39, 0.29) is 0 Å². The van der Waals surface area contributed by atoms with Gasteiger partial charge in [-0.05, 0) is 18.4 Å². The van der Waals surface area contributed by atoms with Gasteiger partial charge in [0.05, 0.1) is 24.8 Å². The molecule has 112 valence electrons.